The number of rotatable bonds is 3. The Morgan fingerprint density at radius 1 is 1.04 bits per heavy atom. The van der Waals surface area contributed by atoms with Crippen LogP contribution in [0.3, 0.4) is 0 Å². The number of halogens is 1. The normalized spacial score (nSPS) is 17.1. The van der Waals surface area contributed by atoms with Gasteiger partial charge in [-0.1, -0.05) is 12.1 Å². The zero-order valence-corrected chi connectivity index (χ0v) is 14.2. The predicted molar refractivity (Wildman–Crippen MR) is 93.4 cm³/mol. The molecule has 7 nitrogen and oxygen atoms in total. The molecule has 0 saturated carbocycles. The lowest BCUT2D eigenvalue weighted by Gasteiger charge is -2.31. The molecule has 3 aromatic rings. The van der Waals surface area contributed by atoms with Crippen molar-refractivity contribution in [2.24, 2.45) is 0 Å². The fourth-order valence-corrected chi connectivity index (χ4v) is 2.91. The van der Waals surface area contributed by atoms with Gasteiger partial charge in [-0.05, 0) is 42.0 Å². The molecule has 1 aliphatic heterocycles. The Kier molecular flexibility index (Phi) is 4.55. The summed E-state index contributed by atoms with van der Waals surface area (Å²) in [4.78, 5) is 12.5. The second kappa shape index (κ2) is 7.16. The van der Waals surface area contributed by atoms with Crippen LogP contribution in [0.25, 0.3) is 22.9 Å². The molecule has 0 spiro atoms. The molecule has 1 unspecified atom stereocenters. The Labute approximate surface area is 154 Å². The molecule has 8 heteroatoms. The van der Waals surface area contributed by atoms with Gasteiger partial charge in [-0.2, -0.15) is 0 Å². The van der Waals surface area contributed by atoms with Crippen molar-refractivity contribution in [3.8, 4) is 22.9 Å². The molecule has 1 aromatic heterocycles. The van der Waals surface area contributed by atoms with Crippen LogP contribution in [-0.4, -0.2) is 46.0 Å². The van der Waals surface area contributed by atoms with E-state index in [0.29, 0.717) is 37.0 Å². The summed E-state index contributed by atoms with van der Waals surface area (Å²) in [6.07, 6.45) is -1.25. The molecule has 0 bridgehead atoms. The first-order valence-corrected chi connectivity index (χ1v) is 8.39. The third kappa shape index (κ3) is 3.65. The predicted octanol–water partition coefficient (Wildman–Crippen LogP) is 3.59. The number of nitrogens with zero attached hydrogens (tertiary/aromatic N) is 3. The van der Waals surface area contributed by atoms with E-state index in [9.17, 15) is 9.18 Å². The molecular formula is C19H16FN3O4. The summed E-state index contributed by atoms with van der Waals surface area (Å²) in [5.74, 6) is 0.319. The van der Waals surface area contributed by atoms with Crippen molar-refractivity contribution in [1.29, 1.82) is 0 Å². The van der Waals surface area contributed by atoms with E-state index in [0.717, 1.165) is 11.1 Å². The van der Waals surface area contributed by atoms with Gasteiger partial charge < -0.3 is 19.2 Å². The molecule has 1 N–H and O–H groups in total. The van der Waals surface area contributed by atoms with Crippen LogP contribution >= 0.6 is 0 Å². The molecule has 2 aromatic carbocycles. The molecule has 4 rings (SSSR count). The van der Waals surface area contributed by atoms with Crippen LogP contribution < -0.4 is 0 Å². The standard InChI is InChI=1S/C19H16FN3O4/c20-15-7-5-14(6-8-15)18-22-21-17(27-18)13-3-1-12(2-4-13)16-11-23(19(24)25)9-10-26-16/h1-8,16H,9-11H2,(H,24,25). The molecule has 1 saturated heterocycles. The summed E-state index contributed by atoms with van der Waals surface area (Å²) in [6, 6.07) is 13.2. The number of morpholine rings is 1. The summed E-state index contributed by atoms with van der Waals surface area (Å²) >= 11 is 0. The number of hydrogen-bond donors (Lipinski definition) is 1. The van der Waals surface area contributed by atoms with Crippen LogP contribution in [0.1, 0.15) is 11.7 Å². The lowest BCUT2D eigenvalue weighted by Crippen LogP contribution is -2.41. The van der Waals surface area contributed by atoms with E-state index >= 15 is 0 Å². The van der Waals surface area contributed by atoms with Crippen molar-refractivity contribution in [2.75, 3.05) is 19.7 Å². The third-order valence-electron chi connectivity index (χ3n) is 4.38. The van der Waals surface area contributed by atoms with E-state index < -0.39 is 6.09 Å². The number of benzene rings is 2. The minimum atomic E-state index is -0.945. The Balaban J connectivity index is 1.51. The smallest absolute Gasteiger partial charge is 0.407 e. The van der Waals surface area contributed by atoms with Gasteiger partial charge in [-0.3, -0.25) is 0 Å². The number of ether oxygens (including phenoxy) is 1. The SMILES string of the molecule is O=C(O)N1CCOC(c2ccc(-c3nnc(-c4ccc(F)cc4)o3)cc2)C1. The molecule has 1 amide bonds. The van der Waals surface area contributed by atoms with E-state index in [1.807, 2.05) is 24.3 Å². The Hall–Kier alpha value is -3.26. The molecular weight excluding hydrogens is 353 g/mol. The molecule has 0 aliphatic carbocycles. The quantitative estimate of drug-likeness (QED) is 0.759. The zero-order valence-electron chi connectivity index (χ0n) is 14.2. The van der Waals surface area contributed by atoms with Gasteiger partial charge >= 0.3 is 6.09 Å². The molecule has 1 fully saturated rings. The van der Waals surface area contributed by atoms with Crippen LogP contribution in [0.2, 0.25) is 0 Å². The van der Waals surface area contributed by atoms with Crippen molar-refractivity contribution < 1.29 is 23.4 Å². The highest BCUT2D eigenvalue weighted by molar-refractivity contribution is 5.65. The van der Waals surface area contributed by atoms with Crippen molar-refractivity contribution in [1.82, 2.24) is 15.1 Å². The number of carbonyl (C=O) groups is 1. The molecule has 1 atom stereocenters. The molecule has 0 radical (unpaired) electrons. The first kappa shape index (κ1) is 17.2. The topological polar surface area (TPSA) is 88.7 Å². The van der Waals surface area contributed by atoms with Crippen molar-refractivity contribution in [2.45, 2.75) is 6.10 Å². The first-order chi connectivity index (χ1) is 13.1. The minimum absolute atomic E-state index is 0.296. The van der Waals surface area contributed by atoms with E-state index in [2.05, 4.69) is 10.2 Å². The summed E-state index contributed by atoms with van der Waals surface area (Å²) in [5.41, 5.74) is 2.24. The van der Waals surface area contributed by atoms with Gasteiger partial charge in [-0.15, -0.1) is 10.2 Å². The Morgan fingerprint density at radius 3 is 2.22 bits per heavy atom. The van der Waals surface area contributed by atoms with Crippen molar-refractivity contribution >= 4 is 6.09 Å². The fourth-order valence-electron chi connectivity index (χ4n) is 2.91. The second-order valence-corrected chi connectivity index (χ2v) is 6.13. The minimum Gasteiger partial charge on any atom is -0.465 e. The molecule has 27 heavy (non-hydrogen) atoms. The average Bonchev–Trinajstić information content (AvgIpc) is 3.19. The van der Waals surface area contributed by atoms with E-state index in [1.165, 1.54) is 17.0 Å². The largest absolute Gasteiger partial charge is 0.465 e. The summed E-state index contributed by atoms with van der Waals surface area (Å²) in [7, 11) is 0. The number of amides is 1. The highest BCUT2D eigenvalue weighted by Crippen LogP contribution is 2.27. The molecule has 138 valence electrons. The summed E-state index contributed by atoms with van der Waals surface area (Å²) < 4.78 is 24.4. The summed E-state index contributed by atoms with van der Waals surface area (Å²) in [5, 5.41) is 17.2. The van der Waals surface area contributed by atoms with Crippen LogP contribution in [0.15, 0.2) is 52.9 Å². The van der Waals surface area contributed by atoms with Gasteiger partial charge in [0.25, 0.3) is 0 Å². The highest BCUT2D eigenvalue weighted by Gasteiger charge is 2.25. The number of hydrogen-bond acceptors (Lipinski definition) is 5. The van der Waals surface area contributed by atoms with Gasteiger partial charge in [0.15, 0.2) is 0 Å². The van der Waals surface area contributed by atoms with E-state index in [4.69, 9.17) is 14.3 Å². The van der Waals surface area contributed by atoms with Crippen LogP contribution in [0, 0.1) is 5.82 Å². The monoisotopic (exact) mass is 369 g/mol. The van der Waals surface area contributed by atoms with Crippen LogP contribution in [-0.2, 0) is 4.74 Å². The highest BCUT2D eigenvalue weighted by atomic mass is 19.1. The maximum absolute atomic E-state index is 13.0. The third-order valence-corrected chi connectivity index (χ3v) is 4.38. The number of carboxylic acid groups (broad SMARTS) is 1. The van der Waals surface area contributed by atoms with Gasteiger partial charge in [0.2, 0.25) is 11.8 Å². The van der Waals surface area contributed by atoms with Gasteiger partial charge in [0.05, 0.1) is 13.2 Å². The molecule has 2 heterocycles. The first-order valence-electron chi connectivity index (χ1n) is 8.39. The van der Waals surface area contributed by atoms with Gasteiger partial charge in [-0.25, -0.2) is 9.18 Å². The van der Waals surface area contributed by atoms with E-state index in [-0.39, 0.29) is 11.9 Å². The van der Waals surface area contributed by atoms with Crippen molar-refractivity contribution in [3.05, 3.63) is 59.9 Å². The Bertz CT molecular complexity index is 940. The summed E-state index contributed by atoms with van der Waals surface area (Å²) in [6.45, 7) is 1.03. The molecule has 1 aliphatic rings. The maximum atomic E-state index is 13.0. The van der Waals surface area contributed by atoms with Gasteiger partial charge in [0.1, 0.15) is 11.9 Å². The fraction of sp³-hybridized carbons (Fsp3) is 0.211. The van der Waals surface area contributed by atoms with Crippen LogP contribution in [0.4, 0.5) is 9.18 Å². The van der Waals surface area contributed by atoms with E-state index in [1.54, 1.807) is 12.1 Å². The average molecular weight is 369 g/mol. The zero-order chi connectivity index (χ0) is 18.8. The van der Waals surface area contributed by atoms with Crippen LogP contribution in [0.5, 0.6) is 0 Å². The second-order valence-electron chi connectivity index (χ2n) is 6.13. The van der Waals surface area contributed by atoms with Gasteiger partial charge in [0, 0.05) is 17.7 Å². The number of aromatic nitrogens is 2. The van der Waals surface area contributed by atoms with Crippen molar-refractivity contribution in [3.63, 3.8) is 0 Å². The lowest BCUT2D eigenvalue weighted by molar-refractivity contribution is -0.0231. The lowest BCUT2D eigenvalue weighted by atomic mass is 10.1. The Morgan fingerprint density at radius 2 is 1.63 bits per heavy atom. The maximum Gasteiger partial charge on any atom is 0.407 e.